The molecule has 1 aromatic carbocycles. The smallest absolute Gasteiger partial charge is 0.118 e. The van der Waals surface area contributed by atoms with E-state index in [4.69, 9.17) is 10.00 Å². The molecule has 0 heterocycles. The van der Waals surface area contributed by atoms with Gasteiger partial charge in [0.25, 0.3) is 0 Å². The Bertz CT molecular complexity index is 315. The van der Waals surface area contributed by atoms with Crippen molar-refractivity contribution in [3.8, 4) is 11.8 Å². The molecule has 0 amide bonds. The van der Waals surface area contributed by atoms with Crippen molar-refractivity contribution in [1.29, 1.82) is 5.26 Å². The van der Waals surface area contributed by atoms with Gasteiger partial charge in [-0.15, -0.1) is 11.8 Å². The zero-order valence-corrected chi connectivity index (χ0v) is 9.17. The number of nitriles is 1. The summed E-state index contributed by atoms with van der Waals surface area (Å²) in [4.78, 5) is 1.17. The van der Waals surface area contributed by atoms with Gasteiger partial charge in [0.05, 0.1) is 19.1 Å². The number of hydrogen-bond acceptors (Lipinski definition) is 3. The molecule has 3 heteroatoms. The van der Waals surface area contributed by atoms with E-state index in [2.05, 4.69) is 6.07 Å². The Morgan fingerprint density at radius 2 is 2.07 bits per heavy atom. The number of benzene rings is 1. The van der Waals surface area contributed by atoms with Crippen LogP contribution in [0.3, 0.4) is 0 Å². The lowest BCUT2D eigenvalue weighted by atomic mass is 10.3. The van der Waals surface area contributed by atoms with Gasteiger partial charge in [-0.05, 0) is 31.2 Å². The van der Waals surface area contributed by atoms with Crippen LogP contribution in [0.25, 0.3) is 0 Å². The first kappa shape index (κ1) is 10.9. The molecule has 0 aliphatic carbocycles. The SMILES string of the molecule is COc1ccc(SCC(C)C#N)cc1. The fourth-order valence-electron chi connectivity index (χ4n) is 0.930. The fraction of sp³-hybridized carbons (Fsp3) is 0.364. The number of methoxy groups -OCH3 is 1. The fourth-order valence-corrected chi connectivity index (χ4v) is 1.78. The van der Waals surface area contributed by atoms with Crippen molar-refractivity contribution < 1.29 is 4.74 Å². The van der Waals surface area contributed by atoms with Crippen molar-refractivity contribution in [3.05, 3.63) is 24.3 Å². The zero-order valence-electron chi connectivity index (χ0n) is 8.36. The zero-order chi connectivity index (χ0) is 10.4. The number of nitrogens with zero attached hydrogens (tertiary/aromatic N) is 1. The monoisotopic (exact) mass is 207 g/mol. The van der Waals surface area contributed by atoms with Crippen molar-refractivity contribution in [2.24, 2.45) is 5.92 Å². The van der Waals surface area contributed by atoms with E-state index in [1.165, 1.54) is 4.90 Å². The first-order valence-corrected chi connectivity index (χ1v) is 5.41. The molecule has 0 aliphatic heterocycles. The van der Waals surface area contributed by atoms with Gasteiger partial charge in [0.1, 0.15) is 5.75 Å². The summed E-state index contributed by atoms with van der Waals surface area (Å²) in [5.74, 6) is 1.80. The molecule has 0 fully saturated rings. The Kier molecular flexibility index (Phi) is 4.34. The number of rotatable bonds is 4. The maximum absolute atomic E-state index is 8.61. The molecule has 0 radical (unpaired) electrons. The van der Waals surface area contributed by atoms with E-state index in [-0.39, 0.29) is 5.92 Å². The van der Waals surface area contributed by atoms with Crippen LogP contribution in [-0.2, 0) is 0 Å². The molecule has 0 saturated carbocycles. The van der Waals surface area contributed by atoms with Gasteiger partial charge in [0.2, 0.25) is 0 Å². The second-order valence-corrected chi connectivity index (χ2v) is 4.11. The summed E-state index contributed by atoms with van der Waals surface area (Å²) < 4.78 is 5.05. The van der Waals surface area contributed by atoms with Crippen LogP contribution in [0.1, 0.15) is 6.92 Å². The van der Waals surface area contributed by atoms with Gasteiger partial charge in [-0.3, -0.25) is 0 Å². The second-order valence-electron chi connectivity index (χ2n) is 3.02. The Balaban J connectivity index is 2.48. The van der Waals surface area contributed by atoms with Crippen molar-refractivity contribution in [2.75, 3.05) is 12.9 Å². The molecule has 74 valence electrons. The summed E-state index contributed by atoms with van der Waals surface area (Å²) in [6.45, 7) is 1.93. The summed E-state index contributed by atoms with van der Waals surface area (Å²) in [5, 5.41) is 8.61. The van der Waals surface area contributed by atoms with Crippen LogP contribution >= 0.6 is 11.8 Å². The molecule has 1 aromatic rings. The Morgan fingerprint density at radius 3 is 2.57 bits per heavy atom. The molecule has 0 spiro atoms. The molecule has 1 unspecified atom stereocenters. The molecule has 0 aromatic heterocycles. The van der Waals surface area contributed by atoms with Gasteiger partial charge in [0, 0.05) is 10.6 Å². The van der Waals surface area contributed by atoms with Gasteiger partial charge >= 0.3 is 0 Å². The third-order valence-corrected chi connectivity index (χ3v) is 3.05. The van der Waals surface area contributed by atoms with Gasteiger partial charge in [-0.1, -0.05) is 0 Å². The predicted molar refractivity (Wildman–Crippen MR) is 58.5 cm³/mol. The molecular formula is C11H13NOS. The van der Waals surface area contributed by atoms with E-state index in [0.717, 1.165) is 11.5 Å². The molecule has 0 saturated heterocycles. The highest BCUT2D eigenvalue weighted by Crippen LogP contribution is 2.22. The molecule has 0 bridgehead atoms. The standard InChI is InChI=1S/C11H13NOS/c1-9(7-12)8-14-11-5-3-10(13-2)4-6-11/h3-6,9H,8H2,1-2H3. The molecule has 14 heavy (non-hydrogen) atoms. The average Bonchev–Trinajstić information content (AvgIpc) is 2.26. The van der Waals surface area contributed by atoms with Crippen LogP contribution in [0.15, 0.2) is 29.2 Å². The second kappa shape index (κ2) is 5.56. The topological polar surface area (TPSA) is 33.0 Å². The summed E-state index contributed by atoms with van der Waals surface area (Å²) in [5.41, 5.74) is 0. The molecule has 2 nitrogen and oxygen atoms in total. The van der Waals surface area contributed by atoms with E-state index < -0.39 is 0 Å². The molecule has 0 N–H and O–H groups in total. The summed E-state index contributed by atoms with van der Waals surface area (Å²) in [6.07, 6.45) is 0. The van der Waals surface area contributed by atoms with Crippen LogP contribution in [0.5, 0.6) is 5.75 Å². The maximum Gasteiger partial charge on any atom is 0.118 e. The van der Waals surface area contributed by atoms with Gasteiger partial charge in [-0.2, -0.15) is 5.26 Å². The van der Waals surface area contributed by atoms with Crippen LogP contribution in [-0.4, -0.2) is 12.9 Å². The van der Waals surface area contributed by atoms with Crippen LogP contribution < -0.4 is 4.74 Å². The minimum absolute atomic E-state index is 0.0992. The van der Waals surface area contributed by atoms with Crippen molar-refractivity contribution in [3.63, 3.8) is 0 Å². The van der Waals surface area contributed by atoms with E-state index >= 15 is 0 Å². The number of ether oxygens (including phenoxy) is 1. The number of thioether (sulfide) groups is 1. The predicted octanol–water partition coefficient (Wildman–Crippen LogP) is 2.95. The molecule has 0 aliphatic rings. The highest BCUT2D eigenvalue weighted by Gasteiger charge is 2.00. The largest absolute Gasteiger partial charge is 0.497 e. The summed E-state index contributed by atoms with van der Waals surface area (Å²) in [7, 11) is 1.65. The third-order valence-electron chi connectivity index (χ3n) is 1.78. The highest BCUT2D eigenvalue weighted by atomic mass is 32.2. The average molecular weight is 207 g/mol. The van der Waals surface area contributed by atoms with Crippen molar-refractivity contribution in [1.82, 2.24) is 0 Å². The van der Waals surface area contributed by atoms with E-state index in [9.17, 15) is 0 Å². The molecule has 1 atom stereocenters. The Hall–Kier alpha value is -1.14. The van der Waals surface area contributed by atoms with Crippen molar-refractivity contribution in [2.45, 2.75) is 11.8 Å². The molecule has 1 rings (SSSR count). The Morgan fingerprint density at radius 1 is 1.43 bits per heavy atom. The summed E-state index contributed by atoms with van der Waals surface area (Å²) in [6, 6.07) is 10.1. The minimum Gasteiger partial charge on any atom is -0.497 e. The minimum atomic E-state index is 0.0992. The number of hydrogen-bond donors (Lipinski definition) is 0. The normalized spacial score (nSPS) is 11.8. The van der Waals surface area contributed by atoms with Crippen LogP contribution in [0, 0.1) is 17.2 Å². The van der Waals surface area contributed by atoms with Crippen LogP contribution in [0.4, 0.5) is 0 Å². The van der Waals surface area contributed by atoms with Crippen LogP contribution in [0.2, 0.25) is 0 Å². The van der Waals surface area contributed by atoms with E-state index in [1.807, 2.05) is 31.2 Å². The van der Waals surface area contributed by atoms with E-state index in [0.29, 0.717) is 0 Å². The lowest BCUT2D eigenvalue weighted by Gasteiger charge is -2.03. The first-order chi connectivity index (χ1) is 6.76. The Labute approximate surface area is 88.9 Å². The highest BCUT2D eigenvalue weighted by molar-refractivity contribution is 7.99. The van der Waals surface area contributed by atoms with Crippen molar-refractivity contribution >= 4 is 11.8 Å². The van der Waals surface area contributed by atoms with E-state index in [1.54, 1.807) is 18.9 Å². The summed E-state index contributed by atoms with van der Waals surface area (Å²) >= 11 is 1.69. The molecular weight excluding hydrogens is 194 g/mol. The lowest BCUT2D eigenvalue weighted by molar-refractivity contribution is 0.414. The van der Waals surface area contributed by atoms with Gasteiger partial charge in [-0.25, -0.2) is 0 Å². The first-order valence-electron chi connectivity index (χ1n) is 4.42. The maximum atomic E-state index is 8.61. The lowest BCUT2D eigenvalue weighted by Crippen LogP contribution is -1.92. The third kappa shape index (κ3) is 3.31. The van der Waals surface area contributed by atoms with Gasteiger partial charge < -0.3 is 4.74 Å². The quantitative estimate of drug-likeness (QED) is 0.712. The van der Waals surface area contributed by atoms with Gasteiger partial charge in [0.15, 0.2) is 0 Å².